The topological polar surface area (TPSA) is 98.7 Å². The number of rotatable bonds is 6. The summed E-state index contributed by atoms with van der Waals surface area (Å²) in [7, 11) is 1.89. The smallest absolute Gasteiger partial charge is 0.256 e. The van der Waals surface area contributed by atoms with Gasteiger partial charge in [0.25, 0.3) is 5.91 Å². The van der Waals surface area contributed by atoms with Gasteiger partial charge in [-0.3, -0.25) is 9.80 Å². The largest absolute Gasteiger partial charge is 0.330 e. The number of carbonyl (C=O) groups excluding carboxylic acids is 1. The Kier molecular flexibility index (Phi) is 6.64. The van der Waals surface area contributed by atoms with Crippen LogP contribution >= 0.6 is 0 Å². The number of benzene rings is 2. The molecule has 0 unspecified atom stereocenters. The molecule has 0 saturated carbocycles. The lowest BCUT2D eigenvalue weighted by Gasteiger charge is -2.20. The van der Waals surface area contributed by atoms with Gasteiger partial charge in [-0.1, -0.05) is 6.08 Å². The van der Waals surface area contributed by atoms with Gasteiger partial charge in [-0.15, -0.1) is 0 Å². The van der Waals surface area contributed by atoms with E-state index in [9.17, 15) is 9.18 Å². The quantitative estimate of drug-likeness (QED) is 0.556. The van der Waals surface area contributed by atoms with E-state index in [0.717, 1.165) is 17.1 Å². The highest BCUT2D eigenvalue weighted by Crippen LogP contribution is 2.26. The number of amides is 1. The van der Waals surface area contributed by atoms with Crippen LogP contribution in [-0.4, -0.2) is 39.4 Å². The predicted octanol–water partition coefficient (Wildman–Crippen LogP) is 3.91. The number of imidazole rings is 1. The summed E-state index contributed by atoms with van der Waals surface area (Å²) in [6.45, 7) is 5.89. The second-order valence-electron chi connectivity index (χ2n) is 7.75. The number of nitrogens with zero attached hydrogens (tertiary/aromatic N) is 6. The summed E-state index contributed by atoms with van der Waals surface area (Å²) >= 11 is 0. The molecule has 3 aromatic rings. The number of aromatic nitrogens is 2. The first kappa shape index (κ1) is 23.3. The molecule has 0 aliphatic carbocycles. The molecule has 0 fully saturated rings. The number of nitriles is 1. The molecule has 8 nitrogen and oxygen atoms in total. The van der Waals surface area contributed by atoms with E-state index in [1.165, 1.54) is 12.1 Å². The monoisotopic (exact) mass is 467 g/mol. The molecule has 0 radical (unpaired) electrons. The number of hydrogen-bond acceptors (Lipinski definition) is 6. The number of hydrogen-bond donors (Lipinski definition) is 1. The van der Waals surface area contributed by atoms with Gasteiger partial charge in [0, 0.05) is 18.2 Å². The Labute approximate surface area is 202 Å². The Hall–Kier alpha value is -4.84. The van der Waals surface area contributed by atoms with Crippen molar-refractivity contribution >= 4 is 18.3 Å². The molecule has 1 N–H and O–H groups in total. The van der Waals surface area contributed by atoms with E-state index in [0.29, 0.717) is 29.1 Å². The van der Waals surface area contributed by atoms with Crippen molar-refractivity contribution in [3.63, 3.8) is 0 Å². The Bertz CT molecular complexity index is 1410. The number of hydrazone groups is 1. The van der Waals surface area contributed by atoms with Crippen molar-refractivity contribution in [2.24, 2.45) is 17.1 Å². The summed E-state index contributed by atoms with van der Waals surface area (Å²) in [5, 5.41) is 18.0. The second-order valence-corrected chi connectivity index (χ2v) is 7.75. The number of aryl methyl sites for hydroxylation is 1. The van der Waals surface area contributed by atoms with E-state index in [-0.39, 0.29) is 17.5 Å². The van der Waals surface area contributed by atoms with E-state index in [1.54, 1.807) is 47.6 Å². The van der Waals surface area contributed by atoms with Crippen molar-refractivity contribution in [3.05, 3.63) is 101 Å². The Morgan fingerprint density at radius 1 is 1.23 bits per heavy atom. The molecule has 2 aromatic carbocycles. The van der Waals surface area contributed by atoms with Gasteiger partial charge in [0.15, 0.2) is 0 Å². The molecule has 0 bridgehead atoms. The zero-order valence-electron chi connectivity index (χ0n) is 19.2. The number of nitrogens with one attached hydrogen (secondary N) is 1. The SMILES string of the molecule is C=N/C(=C\N1CC=CC(c2c(-c3ccc(F)cc3)nc(C)n2C)=N1)NC(=O)c1ccc(C#N)cc1. The lowest BCUT2D eigenvalue weighted by Crippen LogP contribution is -2.25. The minimum absolute atomic E-state index is 0.220. The maximum absolute atomic E-state index is 13.5. The van der Waals surface area contributed by atoms with Gasteiger partial charge in [0.05, 0.1) is 35.8 Å². The highest BCUT2D eigenvalue weighted by atomic mass is 19.1. The second kappa shape index (κ2) is 9.97. The molecule has 0 saturated heterocycles. The van der Waals surface area contributed by atoms with Crippen molar-refractivity contribution < 1.29 is 9.18 Å². The standard InChI is InChI=1S/C26H22FN7O/c1-17-30-24(19-10-12-21(27)13-11-19)25(33(17)3)22-5-4-14-34(32-22)16-23(29-2)31-26(35)20-8-6-18(15-28)7-9-20/h4-13,16H,2,14H2,1,3H3,(H,31,35)/b23-16+. The molecule has 1 aliphatic heterocycles. The van der Waals surface area contributed by atoms with Crippen molar-refractivity contribution in [1.29, 1.82) is 5.26 Å². The van der Waals surface area contributed by atoms with Crippen LogP contribution in [0.2, 0.25) is 0 Å². The highest BCUT2D eigenvalue weighted by Gasteiger charge is 2.20. The number of halogens is 1. The third-order valence-electron chi connectivity index (χ3n) is 5.44. The number of aliphatic imine (C=N–C) groups is 1. The van der Waals surface area contributed by atoms with Crippen molar-refractivity contribution in [2.75, 3.05) is 6.54 Å². The van der Waals surface area contributed by atoms with E-state index >= 15 is 0 Å². The van der Waals surface area contributed by atoms with E-state index < -0.39 is 0 Å². The summed E-state index contributed by atoms with van der Waals surface area (Å²) in [4.78, 5) is 21.2. The average molecular weight is 468 g/mol. The molecule has 0 spiro atoms. The lowest BCUT2D eigenvalue weighted by molar-refractivity contribution is 0.0965. The van der Waals surface area contributed by atoms with Gasteiger partial charge in [0.1, 0.15) is 23.2 Å². The molecule has 4 rings (SSSR count). The maximum atomic E-state index is 13.5. The van der Waals surface area contributed by atoms with Gasteiger partial charge in [0.2, 0.25) is 0 Å². The minimum atomic E-state index is -0.384. The zero-order valence-corrected chi connectivity index (χ0v) is 19.2. The molecule has 9 heteroatoms. The molecule has 35 heavy (non-hydrogen) atoms. The van der Waals surface area contributed by atoms with Gasteiger partial charge < -0.3 is 9.88 Å². The van der Waals surface area contributed by atoms with Crippen LogP contribution in [0.15, 0.2) is 82.8 Å². The molecular weight excluding hydrogens is 445 g/mol. The van der Waals surface area contributed by atoms with Gasteiger partial charge >= 0.3 is 0 Å². The third-order valence-corrected chi connectivity index (χ3v) is 5.44. The van der Waals surface area contributed by atoms with Crippen molar-refractivity contribution in [2.45, 2.75) is 6.92 Å². The van der Waals surface area contributed by atoms with Gasteiger partial charge in [-0.2, -0.15) is 10.4 Å². The van der Waals surface area contributed by atoms with E-state index in [4.69, 9.17) is 10.4 Å². The first-order valence-corrected chi connectivity index (χ1v) is 10.7. The van der Waals surface area contributed by atoms with Crippen LogP contribution in [-0.2, 0) is 7.05 Å². The van der Waals surface area contributed by atoms with Crippen molar-refractivity contribution in [3.8, 4) is 17.3 Å². The van der Waals surface area contributed by atoms with Crippen LogP contribution in [0.4, 0.5) is 4.39 Å². The molecule has 1 aliphatic rings. The van der Waals surface area contributed by atoms with Crippen LogP contribution in [0.25, 0.3) is 11.3 Å². The van der Waals surface area contributed by atoms with Crippen LogP contribution in [0.3, 0.4) is 0 Å². The summed E-state index contributed by atoms with van der Waals surface area (Å²) in [5.41, 5.74) is 3.74. The van der Waals surface area contributed by atoms with E-state index in [1.807, 2.05) is 36.8 Å². The van der Waals surface area contributed by atoms with Crippen molar-refractivity contribution in [1.82, 2.24) is 19.9 Å². The van der Waals surface area contributed by atoms with Crippen LogP contribution < -0.4 is 5.32 Å². The van der Waals surface area contributed by atoms with Gasteiger partial charge in [-0.05, 0) is 68.2 Å². The molecule has 1 aromatic heterocycles. The zero-order chi connectivity index (χ0) is 24.9. The highest BCUT2D eigenvalue weighted by molar-refractivity contribution is 6.11. The first-order chi connectivity index (χ1) is 16.9. The molecule has 1 amide bonds. The lowest BCUT2D eigenvalue weighted by atomic mass is 10.1. The molecular formula is C26H22FN7O. The van der Waals surface area contributed by atoms with E-state index in [2.05, 4.69) is 22.0 Å². The van der Waals surface area contributed by atoms with Crippen LogP contribution in [0.1, 0.15) is 27.4 Å². The first-order valence-electron chi connectivity index (χ1n) is 10.7. The fourth-order valence-corrected chi connectivity index (χ4v) is 3.54. The fourth-order valence-electron chi connectivity index (χ4n) is 3.54. The predicted molar refractivity (Wildman–Crippen MR) is 132 cm³/mol. The molecule has 0 atom stereocenters. The number of allylic oxidation sites excluding steroid dienone is 1. The summed E-state index contributed by atoms with van der Waals surface area (Å²) < 4.78 is 15.4. The summed E-state index contributed by atoms with van der Waals surface area (Å²) in [6.07, 6.45) is 5.40. The maximum Gasteiger partial charge on any atom is 0.256 e. The summed E-state index contributed by atoms with van der Waals surface area (Å²) in [5.74, 6) is 0.302. The Morgan fingerprint density at radius 2 is 1.94 bits per heavy atom. The minimum Gasteiger partial charge on any atom is -0.330 e. The Balaban J connectivity index is 1.61. The normalized spacial score (nSPS) is 13.3. The fraction of sp³-hybridized carbons (Fsp3) is 0.115. The molecule has 2 heterocycles. The van der Waals surface area contributed by atoms with Crippen LogP contribution in [0, 0.1) is 24.1 Å². The number of carbonyl (C=O) groups is 1. The average Bonchev–Trinajstić information content (AvgIpc) is 3.18. The van der Waals surface area contributed by atoms with Crippen LogP contribution in [0.5, 0.6) is 0 Å². The molecule has 174 valence electrons. The Morgan fingerprint density at radius 3 is 2.60 bits per heavy atom. The third kappa shape index (κ3) is 5.07. The van der Waals surface area contributed by atoms with Gasteiger partial charge in [-0.25, -0.2) is 14.4 Å². The summed E-state index contributed by atoms with van der Waals surface area (Å²) in [6, 6.07) is 14.5.